The minimum atomic E-state index is -0.231. The first-order valence-electron chi connectivity index (χ1n) is 10.5. The zero-order valence-electron chi connectivity index (χ0n) is 18.9. The van der Waals surface area contributed by atoms with Gasteiger partial charge in [-0.3, -0.25) is 4.79 Å². The number of rotatable bonds is 7. The molecule has 0 fully saturated rings. The molecule has 170 valence electrons. The van der Waals surface area contributed by atoms with Crippen LogP contribution in [0.5, 0.6) is 11.5 Å². The molecule has 1 aromatic heterocycles. The van der Waals surface area contributed by atoms with Crippen LogP contribution < -0.4 is 15.0 Å². The number of hydrogen-bond donors (Lipinski definition) is 0. The standard InChI is InChI=1S/C24H27BrClN3O3/c1-6-21-28-19-9-8-16(25)12-17(19)23(30)29(21)27-13-15-10-18(26)22(20(11-15)31-7-2)32-14-24(3,4)5/h8-13H,6-7,14H2,1-5H3. The maximum absolute atomic E-state index is 13.1. The SMILES string of the molecule is CCOc1cc(C=Nn2c(CC)nc3ccc(Br)cc3c2=O)cc(Cl)c1OCC(C)(C)C. The van der Waals surface area contributed by atoms with E-state index < -0.39 is 0 Å². The summed E-state index contributed by atoms with van der Waals surface area (Å²) in [5, 5.41) is 5.34. The number of benzene rings is 2. The van der Waals surface area contributed by atoms with Crippen LogP contribution in [0.15, 0.2) is 44.7 Å². The summed E-state index contributed by atoms with van der Waals surface area (Å²) in [4.78, 5) is 17.7. The Labute approximate surface area is 201 Å². The zero-order chi connectivity index (χ0) is 23.5. The highest BCUT2D eigenvalue weighted by Gasteiger charge is 2.17. The van der Waals surface area contributed by atoms with Crippen molar-refractivity contribution < 1.29 is 9.47 Å². The first-order valence-corrected chi connectivity index (χ1v) is 11.6. The van der Waals surface area contributed by atoms with Crippen molar-refractivity contribution in [3.8, 4) is 11.5 Å². The van der Waals surface area contributed by atoms with E-state index in [0.29, 0.717) is 58.4 Å². The number of fused-ring (bicyclic) bond motifs is 1. The van der Waals surface area contributed by atoms with E-state index in [9.17, 15) is 4.79 Å². The van der Waals surface area contributed by atoms with Crippen LogP contribution in [0.2, 0.25) is 5.02 Å². The van der Waals surface area contributed by atoms with Crippen LogP contribution in [0.1, 0.15) is 46.0 Å². The lowest BCUT2D eigenvalue weighted by Gasteiger charge is -2.21. The van der Waals surface area contributed by atoms with E-state index in [1.54, 1.807) is 24.4 Å². The van der Waals surface area contributed by atoms with Crippen molar-refractivity contribution in [3.05, 3.63) is 61.6 Å². The average molecular weight is 521 g/mol. The topological polar surface area (TPSA) is 65.7 Å². The lowest BCUT2D eigenvalue weighted by atomic mass is 9.99. The minimum Gasteiger partial charge on any atom is -0.490 e. The van der Waals surface area contributed by atoms with Crippen LogP contribution in [0.25, 0.3) is 10.9 Å². The van der Waals surface area contributed by atoms with Crippen LogP contribution in [0.3, 0.4) is 0 Å². The van der Waals surface area contributed by atoms with Gasteiger partial charge in [-0.15, -0.1) is 0 Å². The Bertz CT molecular complexity index is 1220. The quantitative estimate of drug-likeness (QED) is 0.354. The molecule has 0 aliphatic rings. The van der Waals surface area contributed by atoms with E-state index in [2.05, 4.69) is 46.8 Å². The number of hydrogen-bond acceptors (Lipinski definition) is 5. The maximum atomic E-state index is 13.1. The second kappa shape index (κ2) is 10.0. The lowest BCUT2D eigenvalue weighted by molar-refractivity contribution is 0.189. The second-order valence-electron chi connectivity index (χ2n) is 8.52. The molecule has 0 aliphatic heterocycles. The van der Waals surface area contributed by atoms with Gasteiger partial charge in [0.1, 0.15) is 5.82 Å². The summed E-state index contributed by atoms with van der Waals surface area (Å²) in [6.07, 6.45) is 2.14. The zero-order valence-corrected chi connectivity index (χ0v) is 21.2. The molecule has 0 spiro atoms. The molecule has 0 atom stereocenters. The number of ether oxygens (including phenoxy) is 2. The molecule has 0 bridgehead atoms. The number of aromatic nitrogens is 2. The van der Waals surface area contributed by atoms with Gasteiger partial charge in [-0.05, 0) is 48.2 Å². The van der Waals surface area contributed by atoms with Gasteiger partial charge in [0.15, 0.2) is 11.5 Å². The van der Waals surface area contributed by atoms with Gasteiger partial charge < -0.3 is 9.47 Å². The van der Waals surface area contributed by atoms with Gasteiger partial charge in [0.05, 0.1) is 35.4 Å². The van der Waals surface area contributed by atoms with Crippen molar-refractivity contribution in [1.29, 1.82) is 0 Å². The molecule has 0 amide bonds. The number of halogens is 2. The van der Waals surface area contributed by atoms with Gasteiger partial charge in [-0.2, -0.15) is 9.78 Å². The minimum absolute atomic E-state index is 0.0251. The first kappa shape index (κ1) is 24.3. The Balaban J connectivity index is 2.03. The predicted octanol–water partition coefficient (Wildman–Crippen LogP) is 6.08. The molecule has 0 radical (unpaired) electrons. The van der Waals surface area contributed by atoms with Gasteiger partial charge in [0.25, 0.3) is 5.56 Å². The van der Waals surface area contributed by atoms with E-state index in [4.69, 9.17) is 21.1 Å². The van der Waals surface area contributed by atoms with Gasteiger partial charge in [0.2, 0.25) is 0 Å². The van der Waals surface area contributed by atoms with Crippen molar-refractivity contribution in [2.45, 2.75) is 41.0 Å². The Hall–Kier alpha value is -2.38. The third kappa shape index (κ3) is 5.70. The average Bonchev–Trinajstić information content (AvgIpc) is 2.72. The Morgan fingerprint density at radius 2 is 1.94 bits per heavy atom. The van der Waals surface area contributed by atoms with Gasteiger partial charge >= 0.3 is 0 Å². The monoisotopic (exact) mass is 519 g/mol. The van der Waals surface area contributed by atoms with Gasteiger partial charge in [-0.25, -0.2) is 4.98 Å². The summed E-state index contributed by atoms with van der Waals surface area (Å²) >= 11 is 9.92. The van der Waals surface area contributed by atoms with E-state index in [1.165, 1.54) is 4.68 Å². The molecule has 1 heterocycles. The Morgan fingerprint density at radius 1 is 1.19 bits per heavy atom. The fourth-order valence-corrected chi connectivity index (χ4v) is 3.66. The molecule has 32 heavy (non-hydrogen) atoms. The van der Waals surface area contributed by atoms with Crippen LogP contribution in [0.4, 0.5) is 0 Å². The van der Waals surface area contributed by atoms with Crippen LogP contribution >= 0.6 is 27.5 Å². The van der Waals surface area contributed by atoms with E-state index in [1.807, 2.05) is 26.0 Å². The maximum Gasteiger partial charge on any atom is 0.282 e. The highest BCUT2D eigenvalue weighted by atomic mass is 79.9. The molecule has 0 N–H and O–H groups in total. The highest BCUT2D eigenvalue weighted by molar-refractivity contribution is 9.10. The van der Waals surface area contributed by atoms with Crippen LogP contribution in [0, 0.1) is 5.41 Å². The van der Waals surface area contributed by atoms with Crippen LogP contribution in [-0.4, -0.2) is 29.1 Å². The van der Waals surface area contributed by atoms with Gasteiger partial charge in [0, 0.05) is 10.9 Å². The summed E-state index contributed by atoms with van der Waals surface area (Å²) < 4.78 is 13.8. The first-order chi connectivity index (χ1) is 15.1. The summed E-state index contributed by atoms with van der Waals surface area (Å²) in [6.45, 7) is 11.0. The van der Waals surface area contributed by atoms with Crippen molar-refractivity contribution in [2.75, 3.05) is 13.2 Å². The molecule has 6 nitrogen and oxygen atoms in total. The summed E-state index contributed by atoms with van der Waals surface area (Å²) in [7, 11) is 0. The molecule has 0 saturated carbocycles. The Morgan fingerprint density at radius 3 is 2.59 bits per heavy atom. The second-order valence-corrected chi connectivity index (χ2v) is 9.84. The predicted molar refractivity (Wildman–Crippen MR) is 134 cm³/mol. The van der Waals surface area contributed by atoms with Crippen molar-refractivity contribution in [3.63, 3.8) is 0 Å². The van der Waals surface area contributed by atoms with E-state index in [0.717, 1.165) is 4.47 Å². The largest absolute Gasteiger partial charge is 0.490 e. The third-order valence-corrected chi connectivity index (χ3v) is 5.27. The number of nitrogens with zero attached hydrogens (tertiary/aromatic N) is 3. The molecule has 8 heteroatoms. The summed E-state index contributed by atoms with van der Waals surface area (Å²) in [5.41, 5.74) is 1.07. The summed E-state index contributed by atoms with van der Waals surface area (Å²) in [5.74, 6) is 1.61. The van der Waals surface area contributed by atoms with Crippen LogP contribution in [-0.2, 0) is 6.42 Å². The smallest absolute Gasteiger partial charge is 0.282 e. The molecule has 3 aromatic rings. The van der Waals surface area contributed by atoms with Gasteiger partial charge in [-0.1, -0.05) is 55.2 Å². The molecule has 0 saturated heterocycles. The van der Waals surface area contributed by atoms with Crippen molar-refractivity contribution in [2.24, 2.45) is 10.5 Å². The Kier molecular flexibility index (Phi) is 7.62. The molecule has 0 unspecified atom stereocenters. The molecule has 2 aromatic carbocycles. The third-order valence-electron chi connectivity index (χ3n) is 4.50. The fraction of sp³-hybridized carbons (Fsp3) is 0.375. The molecular formula is C24H27BrClN3O3. The molecule has 3 rings (SSSR count). The normalized spacial score (nSPS) is 12.0. The highest BCUT2D eigenvalue weighted by Crippen LogP contribution is 2.37. The molecule has 0 aliphatic carbocycles. The van der Waals surface area contributed by atoms with E-state index >= 15 is 0 Å². The molecular weight excluding hydrogens is 494 g/mol. The van der Waals surface area contributed by atoms with Crippen molar-refractivity contribution >= 4 is 44.6 Å². The van der Waals surface area contributed by atoms with Crippen molar-refractivity contribution in [1.82, 2.24) is 9.66 Å². The van der Waals surface area contributed by atoms with E-state index in [-0.39, 0.29) is 11.0 Å². The lowest BCUT2D eigenvalue weighted by Crippen LogP contribution is -2.22. The summed E-state index contributed by atoms with van der Waals surface area (Å²) in [6, 6.07) is 8.98. The number of aryl methyl sites for hydroxylation is 1. The fourth-order valence-electron chi connectivity index (χ4n) is 3.02.